The molecule has 0 spiro atoms. The molecule has 28 heavy (non-hydrogen) atoms. The maximum atomic E-state index is 5.60. The average Bonchev–Trinajstić information content (AvgIpc) is 3.18. The van der Waals surface area contributed by atoms with Gasteiger partial charge in [-0.1, -0.05) is 30.3 Å². The minimum Gasteiger partial charge on any atom is -0.497 e. The van der Waals surface area contributed by atoms with Gasteiger partial charge < -0.3 is 9.47 Å². The smallest absolute Gasteiger partial charge is 0.119 e. The summed E-state index contributed by atoms with van der Waals surface area (Å²) in [5, 5.41) is 4.93. The number of methoxy groups -OCH3 is 2. The molecule has 1 unspecified atom stereocenters. The Hall–Kier alpha value is -2.63. The van der Waals surface area contributed by atoms with Crippen molar-refractivity contribution in [3.8, 4) is 22.7 Å². The average molecular weight is 377 g/mol. The fourth-order valence-electron chi connectivity index (χ4n) is 3.84. The van der Waals surface area contributed by atoms with E-state index in [9.17, 15) is 0 Å². The van der Waals surface area contributed by atoms with E-state index in [0.29, 0.717) is 6.10 Å². The number of piperidine rings is 1. The van der Waals surface area contributed by atoms with Gasteiger partial charge in [0, 0.05) is 37.5 Å². The van der Waals surface area contributed by atoms with E-state index in [1.165, 1.54) is 12.0 Å². The predicted molar refractivity (Wildman–Crippen MR) is 111 cm³/mol. The van der Waals surface area contributed by atoms with Crippen LogP contribution in [0, 0.1) is 0 Å². The molecule has 0 amide bonds. The number of likely N-dealkylation sites (tertiary alicyclic amines) is 1. The lowest BCUT2D eigenvalue weighted by Gasteiger charge is -2.31. The highest BCUT2D eigenvalue weighted by atomic mass is 16.5. The molecular weight excluding hydrogens is 350 g/mol. The van der Waals surface area contributed by atoms with Crippen LogP contribution in [-0.4, -0.2) is 48.1 Å². The van der Waals surface area contributed by atoms with Crippen molar-refractivity contribution in [2.24, 2.45) is 0 Å². The predicted octanol–water partition coefficient (Wildman–Crippen LogP) is 4.16. The van der Waals surface area contributed by atoms with Gasteiger partial charge in [0.05, 0.1) is 24.6 Å². The Balaban J connectivity index is 1.69. The molecule has 0 bridgehead atoms. The number of ether oxygens (including phenoxy) is 2. The largest absolute Gasteiger partial charge is 0.497 e. The summed E-state index contributed by atoms with van der Waals surface area (Å²) >= 11 is 0. The molecule has 5 nitrogen and oxygen atoms in total. The third-order valence-electron chi connectivity index (χ3n) is 5.34. The Morgan fingerprint density at radius 3 is 2.71 bits per heavy atom. The number of hydrogen-bond donors (Lipinski definition) is 0. The first kappa shape index (κ1) is 18.7. The lowest BCUT2D eigenvalue weighted by atomic mass is 10.0. The number of hydrogen-bond acceptors (Lipinski definition) is 4. The molecule has 4 rings (SSSR count). The maximum Gasteiger partial charge on any atom is 0.119 e. The first-order valence-electron chi connectivity index (χ1n) is 9.80. The molecule has 2 heterocycles. The Labute approximate surface area is 166 Å². The monoisotopic (exact) mass is 377 g/mol. The van der Waals surface area contributed by atoms with Crippen molar-refractivity contribution < 1.29 is 9.47 Å². The lowest BCUT2D eigenvalue weighted by molar-refractivity contribution is 0.0286. The van der Waals surface area contributed by atoms with Crippen LogP contribution in [0.2, 0.25) is 0 Å². The first-order chi connectivity index (χ1) is 13.8. The molecule has 146 valence electrons. The highest BCUT2D eigenvalue weighted by Gasteiger charge is 2.22. The molecule has 1 aromatic heterocycles. The van der Waals surface area contributed by atoms with Crippen LogP contribution in [0.1, 0.15) is 18.4 Å². The molecule has 0 saturated carbocycles. The standard InChI is InChI=1S/C23H27N3O2/c1-27-21-11-6-8-18(14-21)23-19(15-25-13-7-12-22(17-25)28-2)16-26(24-23)20-9-4-3-5-10-20/h3-6,8-11,14,16,22H,7,12-13,15,17H2,1-2H3. The summed E-state index contributed by atoms with van der Waals surface area (Å²) < 4.78 is 13.0. The van der Waals surface area contributed by atoms with Crippen LogP contribution >= 0.6 is 0 Å². The first-order valence-corrected chi connectivity index (χ1v) is 9.80. The minimum atomic E-state index is 0.318. The van der Waals surface area contributed by atoms with E-state index in [1.54, 1.807) is 7.11 Å². The Bertz CT molecular complexity index is 907. The number of para-hydroxylation sites is 1. The van der Waals surface area contributed by atoms with E-state index in [0.717, 1.165) is 48.7 Å². The molecule has 1 atom stereocenters. The van der Waals surface area contributed by atoms with Crippen LogP contribution < -0.4 is 4.74 Å². The summed E-state index contributed by atoms with van der Waals surface area (Å²) in [6.45, 7) is 2.91. The van der Waals surface area contributed by atoms with Crippen LogP contribution in [0.25, 0.3) is 16.9 Å². The van der Waals surface area contributed by atoms with Crippen LogP contribution in [0.5, 0.6) is 5.75 Å². The van der Waals surface area contributed by atoms with Gasteiger partial charge in [0.25, 0.3) is 0 Å². The number of nitrogens with zero attached hydrogens (tertiary/aromatic N) is 3. The quantitative estimate of drug-likeness (QED) is 0.647. The second-order valence-electron chi connectivity index (χ2n) is 7.25. The van der Waals surface area contributed by atoms with Crippen LogP contribution in [-0.2, 0) is 11.3 Å². The fourth-order valence-corrected chi connectivity index (χ4v) is 3.84. The van der Waals surface area contributed by atoms with Gasteiger partial charge in [-0.2, -0.15) is 5.10 Å². The zero-order chi connectivity index (χ0) is 19.3. The van der Waals surface area contributed by atoms with Gasteiger partial charge in [-0.05, 0) is 43.7 Å². The number of aromatic nitrogens is 2. The van der Waals surface area contributed by atoms with Crippen molar-refractivity contribution in [2.45, 2.75) is 25.5 Å². The zero-order valence-electron chi connectivity index (χ0n) is 16.5. The third kappa shape index (κ3) is 4.11. The number of rotatable bonds is 6. The molecule has 1 aliphatic rings. The van der Waals surface area contributed by atoms with Crippen LogP contribution in [0.4, 0.5) is 0 Å². The summed E-state index contributed by atoms with van der Waals surface area (Å²) in [6.07, 6.45) is 4.78. The van der Waals surface area contributed by atoms with E-state index in [4.69, 9.17) is 14.6 Å². The summed E-state index contributed by atoms with van der Waals surface area (Å²) in [4.78, 5) is 2.47. The summed E-state index contributed by atoms with van der Waals surface area (Å²) in [6, 6.07) is 18.4. The highest BCUT2D eigenvalue weighted by Crippen LogP contribution is 2.28. The van der Waals surface area contributed by atoms with Crippen molar-refractivity contribution in [3.63, 3.8) is 0 Å². The zero-order valence-corrected chi connectivity index (χ0v) is 16.5. The molecule has 0 radical (unpaired) electrons. The van der Waals surface area contributed by atoms with Crippen molar-refractivity contribution in [2.75, 3.05) is 27.3 Å². The van der Waals surface area contributed by atoms with Crippen LogP contribution in [0.15, 0.2) is 60.8 Å². The van der Waals surface area contributed by atoms with Gasteiger partial charge in [0.1, 0.15) is 5.75 Å². The molecule has 2 aromatic carbocycles. The summed E-state index contributed by atoms with van der Waals surface area (Å²) in [5.41, 5.74) is 4.35. The van der Waals surface area contributed by atoms with Gasteiger partial charge in [-0.15, -0.1) is 0 Å². The molecule has 1 fully saturated rings. The highest BCUT2D eigenvalue weighted by molar-refractivity contribution is 5.65. The normalized spacial score (nSPS) is 17.6. The van der Waals surface area contributed by atoms with E-state index in [2.05, 4.69) is 35.4 Å². The van der Waals surface area contributed by atoms with Gasteiger partial charge >= 0.3 is 0 Å². The second kappa shape index (κ2) is 8.59. The van der Waals surface area contributed by atoms with Crippen molar-refractivity contribution in [3.05, 3.63) is 66.4 Å². The van der Waals surface area contributed by atoms with Crippen molar-refractivity contribution in [1.82, 2.24) is 14.7 Å². The molecule has 1 saturated heterocycles. The second-order valence-corrected chi connectivity index (χ2v) is 7.25. The molecule has 0 aliphatic carbocycles. The van der Waals surface area contributed by atoms with E-state index in [-0.39, 0.29) is 0 Å². The molecule has 0 N–H and O–H groups in total. The number of benzene rings is 2. The van der Waals surface area contributed by atoms with Crippen molar-refractivity contribution >= 4 is 0 Å². The molecule has 3 aromatic rings. The van der Waals surface area contributed by atoms with E-state index < -0.39 is 0 Å². The maximum absolute atomic E-state index is 5.60. The van der Waals surface area contributed by atoms with Crippen LogP contribution in [0.3, 0.4) is 0 Å². The molecular formula is C23H27N3O2. The van der Waals surface area contributed by atoms with E-state index in [1.807, 2.05) is 42.1 Å². The lowest BCUT2D eigenvalue weighted by Crippen LogP contribution is -2.38. The van der Waals surface area contributed by atoms with Gasteiger partial charge in [0.15, 0.2) is 0 Å². The van der Waals surface area contributed by atoms with Gasteiger partial charge in [-0.25, -0.2) is 4.68 Å². The third-order valence-corrected chi connectivity index (χ3v) is 5.34. The van der Waals surface area contributed by atoms with E-state index >= 15 is 0 Å². The minimum absolute atomic E-state index is 0.318. The Kier molecular flexibility index (Phi) is 5.74. The topological polar surface area (TPSA) is 39.5 Å². The Morgan fingerprint density at radius 2 is 1.93 bits per heavy atom. The summed E-state index contributed by atoms with van der Waals surface area (Å²) in [7, 11) is 3.50. The van der Waals surface area contributed by atoms with Gasteiger partial charge in [0.2, 0.25) is 0 Å². The van der Waals surface area contributed by atoms with Gasteiger partial charge in [-0.3, -0.25) is 4.90 Å². The SMILES string of the molecule is COc1cccc(-c2nn(-c3ccccc3)cc2CN2CCCC(OC)C2)c1. The Morgan fingerprint density at radius 1 is 1.07 bits per heavy atom. The summed E-state index contributed by atoms with van der Waals surface area (Å²) in [5.74, 6) is 0.843. The van der Waals surface area contributed by atoms with Crippen molar-refractivity contribution in [1.29, 1.82) is 0 Å². The molecule has 5 heteroatoms. The fraction of sp³-hybridized carbons (Fsp3) is 0.348. The molecule has 1 aliphatic heterocycles.